The summed E-state index contributed by atoms with van der Waals surface area (Å²) in [6.07, 6.45) is 5.01. The first-order chi connectivity index (χ1) is 11.5. The summed E-state index contributed by atoms with van der Waals surface area (Å²) in [5.41, 5.74) is 4.04. The molecule has 128 valence electrons. The molecule has 0 aliphatic heterocycles. The number of benzene rings is 1. The molecule has 0 radical (unpaired) electrons. The van der Waals surface area contributed by atoms with E-state index < -0.39 is 0 Å². The van der Waals surface area contributed by atoms with E-state index in [1.807, 2.05) is 20.8 Å². The van der Waals surface area contributed by atoms with E-state index in [0.717, 1.165) is 12.0 Å². The molecule has 1 aliphatic rings. The zero-order chi connectivity index (χ0) is 17.1. The van der Waals surface area contributed by atoms with Gasteiger partial charge < -0.3 is 5.32 Å². The zero-order valence-corrected chi connectivity index (χ0v) is 14.6. The first kappa shape index (κ1) is 16.6. The molecule has 1 aromatic heterocycles. The summed E-state index contributed by atoms with van der Waals surface area (Å²) in [6, 6.07) is 6.70. The highest BCUT2D eigenvalue weighted by Crippen LogP contribution is 2.24. The number of amides is 1. The van der Waals surface area contributed by atoms with E-state index in [4.69, 9.17) is 0 Å². The Morgan fingerprint density at radius 1 is 1.21 bits per heavy atom. The number of hydrogen-bond acceptors (Lipinski definition) is 4. The predicted molar refractivity (Wildman–Crippen MR) is 91.5 cm³/mol. The second-order valence-corrected chi connectivity index (χ2v) is 6.82. The minimum atomic E-state index is -0.0801. The fourth-order valence-corrected chi connectivity index (χ4v) is 3.09. The third kappa shape index (κ3) is 3.80. The average Bonchev–Trinajstić information content (AvgIpc) is 3.03. The first-order valence-electron chi connectivity index (χ1n) is 8.72. The van der Waals surface area contributed by atoms with Gasteiger partial charge in [0.15, 0.2) is 5.82 Å². The second kappa shape index (κ2) is 7.11. The van der Waals surface area contributed by atoms with Crippen molar-refractivity contribution >= 4 is 5.91 Å². The SMILES string of the molecule is CC(NC(=O)Cc1nnn(C(C)C)n1)c1ccc2c(c1)CCCC2. The molecule has 0 saturated carbocycles. The monoisotopic (exact) mass is 327 g/mol. The van der Waals surface area contributed by atoms with Gasteiger partial charge in [-0.15, -0.1) is 10.2 Å². The molecular weight excluding hydrogens is 302 g/mol. The number of rotatable bonds is 5. The Morgan fingerprint density at radius 2 is 1.96 bits per heavy atom. The summed E-state index contributed by atoms with van der Waals surface area (Å²) in [5.74, 6) is 0.377. The van der Waals surface area contributed by atoms with Gasteiger partial charge >= 0.3 is 0 Å². The average molecular weight is 327 g/mol. The Labute approximate surface area is 142 Å². The topological polar surface area (TPSA) is 72.7 Å². The lowest BCUT2D eigenvalue weighted by atomic mass is 9.89. The maximum Gasteiger partial charge on any atom is 0.228 e. The predicted octanol–water partition coefficient (Wildman–Crippen LogP) is 2.55. The highest BCUT2D eigenvalue weighted by Gasteiger charge is 2.16. The van der Waals surface area contributed by atoms with Crippen molar-refractivity contribution in [2.75, 3.05) is 0 Å². The molecule has 1 aromatic carbocycles. The van der Waals surface area contributed by atoms with Gasteiger partial charge in [-0.25, -0.2) is 0 Å². The molecule has 0 fully saturated rings. The van der Waals surface area contributed by atoms with Gasteiger partial charge in [0.1, 0.15) is 0 Å². The maximum absolute atomic E-state index is 12.2. The maximum atomic E-state index is 12.2. The van der Waals surface area contributed by atoms with Gasteiger partial charge in [0.2, 0.25) is 5.91 Å². The molecule has 6 nitrogen and oxygen atoms in total. The highest BCUT2D eigenvalue weighted by molar-refractivity contribution is 5.78. The van der Waals surface area contributed by atoms with Crippen LogP contribution in [0.4, 0.5) is 0 Å². The van der Waals surface area contributed by atoms with Gasteiger partial charge in [-0.2, -0.15) is 4.80 Å². The lowest BCUT2D eigenvalue weighted by Crippen LogP contribution is -2.28. The van der Waals surface area contributed by atoms with Crippen LogP contribution < -0.4 is 5.32 Å². The van der Waals surface area contributed by atoms with Crippen molar-refractivity contribution < 1.29 is 4.79 Å². The molecule has 24 heavy (non-hydrogen) atoms. The molecule has 6 heteroatoms. The fourth-order valence-electron chi connectivity index (χ4n) is 3.09. The molecule has 1 N–H and O–H groups in total. The summed E-state index contributed by atoms with van der Waals surface area (Å²) in [7, 11) is 0. The van der Waals surface area contributed by atoms with Crippen molar-refractivity contribution in [3.05, 3.63) is 40.7 Å². The Morgan fingerprint density at radius 3 is 2.67 bits per heavy atom. The van der Waals surface area contributed by atoms with E-state index in [1.54, 1.807) is 0 Å². The number of fused-ring (bicyclic) bond motifs is 1. The smallest absolute Gasteiger partial charge is 0.228 e. The van der Waals surface area contributed by atoms with Crippen LogP contribution in [0.15, 0.2) is 18.2 Å². The van der Waals surface area contributed by atoms with Crippen LogP contribution in [0.1, 0.15) is 68.2 Å². The van der Waals surface area contributed by atoms with Gasteiger partial charge in [-0.3, -0.25) is 4.79 Å². The van der Waals surface area contributed by atoms with Crippen LogP contribution in [0.2, 0.25) is 0 Å². The molecule has 1 atom stereocenters. The van der Waals surface area contributed by atoms with E-state index >= 15 is 0 Å². The van der Waals surface area contributed by atoms with E-state index in [2.05, 4.69) is 38.9 Å². The van der Waals surface area contributed by atoms with Gasteiger partial charge in [0.25, 0.3) is 0 Å². The molecule has 0 spiro atoms. The standard InChI is InChI=1S/C18H25N5O/c1-12(2)23-21-17(20-22-23)11-18(24)19-13(3)15-9-8-14-6-4-5-7-16(14)10-15/h8-10,12-13H,4-7,11H2,1-3H3,(H,19,24). The van der Waals surface area contributed by atoms with E-state index in [-0.39, 0.29) is 24.4 Å². The van der Waals surface area contributed by atoms with Crippen molar-refractivity contribution in [3.63, 3.8) is 0 Å². The highest BCUT2D eigenvalue weighted by atomic mass is 16.1. The van der Waals surface area contributed by atoms with Crippen molar-refractivity contribution in [1.29, 1.82) is 0 Å². The summed E-state index contributed by atoms with van der Waals surface area (Å²) in [5, 5.41) is 15.1. The van der Waals surface area contributed by atoms with Gasteiger partial charge in [0.05, 0.1) is 18.5 Å². The molecule has 1 amide bonds. The Kier molecular flexibility index (Phi) is 4.92. The van der Waals surface area contributed by atoms with Crippen LogP contribution in [0.25, 0.3) is 0 Å². The number of aromatic nitrogens is 4. The summed E-state index contributed by atoms with van der Waals surface area (Å²) in [4.78, 5) is 13.8. The summed E-state index contributed by atoms with van der Waals surface area (Å²) in [6.45, 7) is 5.97. The Bertz CT molecular complexity index is 722. The number of hydrogen-bond donors (Lipinski definition) is 1. The minimum absolute atomic E-state index is 0.0233. The number of tetrazole rings is 1. The quantitative estimate of drug-likeness (QED) is 0.916. The molecule has 3 rings (SSSR count). The van der Waals surface area contributed by atoms with E-state index in [0.29, 0.717) is 5.82 Å². The summed E-state index contributed by atoms with van der Waals surface area (Å²) < 4.78 is 0. The normalized spacial score (nSPS) is 15.2. The number of aryl methyl sites for hydroxylation is 2. The molecule has 1 aliphatic carbocycles. The van der Waals surface area contributed by atoms with E-state index in [9.17, 15) is 4.79 Å². The second-order valence-electron chi connectivity index (χ2n) is 6.82. The number of nitrogens with one attached hydrogen (secondary N) is 1. The molecule has 1 heterocycles. The van der Waals surface area contributed by atoms with Crippen LogP contribution >= 0.6 is 0 Å². The van der Waals surface area contributed by atoms with Crippen molar-refractivity contribution in [2.45, 2.75) is 65.0 Å². The van der Waals surface area contributed by atoms with Crippen molar-refractivity contribution in [3.8, 4) is 0 Å². The Balaban J connectivity index is 1.61. The van der Waals surface area contributed by atoms with Crippen LogP contribution in [-0.4, -0.2) is 26.1 Å². The number of nitrogens with zero attached hydrogens (tertiary/aromatic N) is 4. The fraction of sp³-hybridized carbons (Fsp3) is 0.556. The molecule has 1 unspecified atom stereocenters. The third-order valence-corrected chi connectivity index (χ3v) is 4.50. The largest absolute Gasteiger partial charge is 0.349 e. The number of carbonyl (C=O) groups is 1. The third-order valence-electron chi connectivity index (χ3n) is 4.50. The molecular formula is C18H25N5O. The van der Waals surface area contributed by atoms with E-state index in [1.165, 1.54) is 35.2 Å². The van der Waals surface area contributed by atoms with Crippen molar-refractivity contribution in [2.24, 2.45) is 0 Å². The van der Waals surface area contributed by atoms with Crippen LogP contribution in [-0.2, 0) is 24.1 Å². The lowest BCUT2D eigenvalue weighted by Gasteiger charge is -2.20. The van der Waals surface area contributed by atoms with Crippen LogP contribution in [0.3, 0.4) is 0 Å². The van der Waals surface area contributed by atoms with Crippen LogP contribution in [0.5, 0.6) is 0 Å². The lowest BCUT2D eigenvalue weighted by molar-refractivity contribution is -0.121. The van der Waals surface area contributed by atoms with Crippen molar-refractivity contribution in [1.82, 2.24) is 25.5 Å². The minimum Gasteiger partial charge on any atom is -0.349 e. The van der Waals surface area contributed by atoms with Gasteiger partial charge in [0, 0.05) is 0 Å². The zero-order valence-electron chi connectivity index (χ0n) is 14.6. The number of carbonyl (C=O) groups excluding carboxylic acids is 1. The Hall–Kier alpha value is -2.24. The van der Waals surface area contributed by atoms with Gasteiger partial charge in [-0.05, 0) is 68.4 Å². The first-order valence-corrected chi connectivity index (χ1v) is 8.72. The molecule has 0 bridgehead atoms. The summed E-state index contributed by atoms with van der Waals surface area (Å²) >= 11 is 0. The molecule has 0 saturated heterocycles. The van der Waals surface area contributed by atoms with Crippen LogP contribution in [0, 0.1) is 0 Å². The van der Waals surface area contributed by atoms with Gasteiger partial charge in [-0.1, -0.05) is 18.2 Å². The molecule has 2 aromatic rings.